The van der Waals surface area contributed by atoms with Gasteiger partial charge in [-0.25, -0.2) is 9.97 Å². The van der Waals surface area contributed by atoms with E-state index in [1.54, 1.807) is 0 Å². The van der Waals surface area contributed by atoms with Crippen molar-refractivity contribution in [3.05, 3.63) is 60.0 Å². The summed E-state index contributed by atoms with van der Waals surface area (Å²) in [7, 11) is 0. The largest absolute Gasteiger partial charge is 0.444 e. The Kier molecular flexibility index (Phi) is 4.97. The maximum Gasteiger partial charge on any atom is 0.226 e. The summed E-state index contributed by atoms with van der Waals surface area (Å²) in [5, 5.41) is 0. The number of rotatable bonds is 5. The van der Waals surface area contributed by atoms with Gasteiger partial charge in [0.2, 0.25) is 5.89 Å². The van der Waals surface area contributed by atoms with Gasteiger partial charge in [0.1, 0.15) is 6.26 Å². The van der Waals surface area contributed by atoms with Gasteiger partial charge in [0, 0.05) is 43.9 Å². The van der Waals surface area contributed by atoms with E-state index in [-0.39, 0.29) is 5.54 Å². The fourth-order valence-corrected chi connectivity index (χ4v) is 5.08. The molecule has 152 valence electrons. The molecule has 1 fully saturated rings. The number of benzene rings is 1. The Hall–Kier alpha value is -2.44. The number of imidazole rings is 1. The zero-order chi connectivity index (χ0) is 19.7. The van der Waals surface area contributed by atoms with Crippen LogP contribution in [0.15, 0.2) is 47.3 Å². The summed E-state index contributed by atoms with van der Waals surface area (Å²) in [6, 6.07) is 10.1. The molecule has 2 aliphatic heterocycles. The van der Waals surface area contributed by atoms with E-state index in [9.17, 15) is 0 Å². The Morgan fingerprint density at radius 2 is 1.97 bits per heavy atom. The van der Waals surface area contributed by atoms with Crippen molar-refractivity contribution in [2.45, 2.75) is 44.7 Å². The van der Waals surface area contributed by atoms with E-state index in [1.165, 1.54) is 17.8 Å². The molecule has 6 heteroatoms. The first kappa shape index (κ1) is 18.6. The van der Waals surface area contributed by atoms with Crippen LogP contribution in [0.5, 0.6) is 0 Å². The second-order valence-corrected chi connectivity index (χ2v) is 8.28. The highest BCUT2D eigenvalue weighted by molar-refractivity contribution is 5.52. The highest BCUT2D eigenvalue weighted by Gasteiger charge is 2.46. The minimum Gasteiger partial charge on any atom is -0.444 e. The van der Waals surface area contributed by atoms with E-state index >= 15 is 0 Å². The van der Waals surface area contributed by atoms with Gasteiger partial charge in [-0.2, -0.15) is 0 Å². The average molecular weight is 392 g/mol. The number of aromatic amines is 1. The van der Waals surface area contributed by atoms with Crippen LogP contribution in [0.1, 0.15) is 43.3 Å². The predicted molar refractivity (Wildman–Crippen MR) is 112 cm³/mol. The fraction of sp³-hybridized carbons (Fsp3) is 0.478. The zero-order valence-electron chi connectivity index (χ0n) is 17.1. The third-order valence-electron chi connectivity index (χ3n) is 6.53. The molecule has 0 bridgehead atoms. The van der Waals surface area contributed by atoms with Gasteiger partial charge in [0.25, 0.3) is 0 Å². The molecule has 0 aliphatic carbocycles. The van der Waals surface area contributed by atoms with Crippen LogP contribution >= 0.6 is 0 Å². The van der Waals surface area contributed by atoms with Crippen LogP contribution in [0.3, 0.4) is 0 Å². The van der Waals surface area contributed by atoms with Gasteiger partial charge in [-0.05, 0) is 37.9 Å². The number of fused-ring (bicyclic) bond motifs is 2. The number of hydrogen-bond donors (Lipinski definition) is 1. The van der Waals surface area contributed by atoms with Crippen molar-refractivity contribution >= 4 is 0 Å². The first-order chi connectivity index (χ1) is 14.3. The number of nitrogens with zero attached hydrogens (tertiary/aromatic N) is 4. The molecule has 5 rings (SSSR count). The van der Waals surface area contributed by atoms with Crippen LogP contribution in [0.25, 0.3) is 11.5 Å². The number of likely N-dealkylation sites (tertiary alicyclic amines) is 1. The first-order valence-electron chi connectivity index (χ1n) is 10.8. The molecule has 0 amide bonds. The lowest BCUT2D eigenvalue weighted by atomic mass is 9.78. The lowest BCUT2D eigenvalue weighted by Crippen LogP contribution is -2.56. The Balaban J connectivity index is 1.29. The maximum atomic E-state index is 5.73. The molecule has 6 nitrogen and oxygen atoms in total. The topological polar surface area (TPSA) is 61.2 Å². The highest BCUT2D eigenvalue weighted by atomic mass is 16.3. The van der Waals surface area contributed by atoms with Gasteiger partial charge >= 0.3 is 0 Å². The van der Waals surface area contributed by atoms with E-state index in [4.69, 9.17) is 14.4 Å². The quantitative estimate of drug-likeness (QED) is 0.716. The third-order valence-corrected chi connectivity index (χ3v) is 6.53. The Bertz CT molecular complexity index is 939. The van der Waals surface area contributed by atoms with Crippen LogP contribution in [0.4, 0.5) is 0 Å². The van der Waals surface area contributed by atoms with Crippen LogP contribution in [-0.4, -0.2) is 50.9 Å². The molecule has 1 spiro atoms. The highest BCUT2D eigenvalue weighted by Crippen LogP contribution is 2.42. The molecule has 0 radical (unpaired) electrons. The smallest absolute Gasteiger partial charge is 0.226 e. The van der Waals surface area contributed by atoms with Gasteiger partial charge < -0.3 is 9.40 Å². The van der Waals surface area contributed by atoms with E-state index in [1.807, 2.05) is 42.9 Å². The zero-order valence-corrected chi connectivity index (χ0v) is 17.1. The van der Waals surface area contributed by atoms with E-state index in [0.29, 0.717) is 5.89 Å². The summed E-state index contributed by atoms with van der Waals surface area (Å²) in [4.78, 5) is 18.1. The van der Waals surface area contributed by atoms with E-state index in [2.05, 4.69) is 21.7 Å². The summed E-state index contributed by atoms with van der Waals surface area (Å²) in [6.45, 7) is 7.51. The van der Waals surface area contributed by atoms with Gasteiger partial charge in [-0.3, -0.25) is 9.80 Å². The number of nitrogens with one attached hydrogen (secondary N) is 1. The standard InChI is InChI=1S/C23H29N5O/c1-2-11-28-12-8-20-21(25-17-24-20)23(28)9-13-27(14-10-23)15-19-16-29-22(26-19)18-6-4-3-5-7-18/h3-7,16-17H,2,8-15H2,1H3,(H,24,25). The molecule has 0 saturated carbocycles. The normalized spacial score (nSPS) is 19.5. The summed E-state index contributed by atoms with van der Waals surface area (Å²) in [5.74, 6) is 0.705. The summed E-state index contributed by atoms with van der Waals surface area (Å²) in [6.07, 6.45) is 8.20. The number of piperidine rings is 1. The van der Waals surface area contributed by atoms with Crippen LogP contribution in [0, 0.1) is 0 Å². The molecule has 0 atom stereocenters. The number of aromatic nitrogens is 3. The van der Waals surface area contributed by atoms with Crippen LogP contribution in [-0.2, 0) is 18.5 Å². The molecule has 1 saturated heterocycles. The summed E-state index contributed by atoms with van der Waals surface area (Å²) >= 11 is 0. The molecule has 1 N–H and O–H groups in total. The van der Waals surface area contributed by atoms with Gasteiger partial charge in [-0.15, -0.1) is 0 Å². The molecule has 0 unspecified atom stereocenters. The van der Waals surface area contributed by atoms with Crippen LogP contribution < -0.4 is 0 Å². The van der Waals surface area contributed by atoms with Gasteiger partial charge in [-0.1, -0.05) is 25.1 Å². The number of H-pyrrole nitrogens is 1. The molecule has 1 aromatic carbocycles. The third kappa shape index (κ3) is 3.40. The molecule has 2 aliphatic rings. The molecular formula is C23H29N5O. The van der Waals surface area contributed by atoms with Crippen molar-refractivity contribution in [2.75, 3.05) is 26.2 Å². The van der Waals surface area contributed by atoms with Crippen molar-refractivity contribution in [1.82, 2.24) is 24.8 Å². The number of oxazole rings is 1. The van der Waals surface area contributed by atoms with Gasteiger partial charge in [0.05, 0.1) is 23.3 Å². The Morgan fingerprint density at radius 1 is 1.14 bits per heavy atom. The maximum absolute atomic E-state index is 5.73. The predicted octanol–water partition coefficient (Wildman–Crippen LogP) is 3.82. The minimum absolute atomic E-state index is 0.0963. The van der Waals surface area contributed by atoms with Gasteiger partial charge in [0.15, 0.2) is 0 Å². The van der Waals surface area contributed by atoms with Crippen molar-refractivity contribution in [3.63, 3.8) is 0 Å². The summed E-state index contributed by atoms with van der Waals surface area (Å²) in [5.41, 5.74) is 4.77. The average Bonchev–Trinajstić information content (AvgIpc) is 3.43. The molecule has 2 aromatic heterocycles. The van der Waals surface area contributed by atoms with Crippen molar-refractivity contribution in [3.8, 4) is 11.5 Å². The van der Waals surface area contributed by atoms with E-state index < -0.39 is 0 Å². The van der Waals surface area contributed by atoms with Crippen molar-refractivity contribution < 1.29 is 4.42 Å². The minimum atomic E-state index is 0.0963. The fourth-order valence-electron chi connectivity index (χ4n) is 5.08. The summed E-state index contributed by atoms with van der Waals surface area (Å²) < 4.78 is 5.73. The Labute approximate surface area is 172 Å². The van der Waals surface area contributed by atoms with E-state index in [0.717, 1.165) is 63.2 Å². The van der Waals surface area contributed by atoms with Crippen LogP contribution in [0.2, 0.25) is 0 Å². The monoisotopic (exact) mass is 391 g/mol. The molecule has 3 aromatic rings. The molecule has 4 heterocycles. The second kappa shape index (κ2) is 7.76. The number of hydrogen-bond acceptors (Lipinski definition) is 5. The van der Waals surface area contributed by atoms with Crippen molar-refractivity contribution in [1.29, 1.82) is 0 Å². The Morgan fingerprint density at radius 3 is 2.76 bits per heavy atom. The lowest BCUT2D eigenvalue weighted by Gasteiger charge is -2.50. The molecule has 29 heavy (non-hydrogen) atoms. The lowest BCUT2D eigenvalue weighted by molar-refractivity contribution is 0.00324. The first-order valence-corrected chi connectivity index (χ1v) is 10.8. The SMILES string of the molecule is CCCN1CCc2[nH]cnc2C12CCN(Cc1coc(-c3ccccc3)n1)CC2. The molecular weight excluding hydrogens is 362 g/mol. The van der Waals surface area contributed by atoms with Crippen molar-refractivity contribution in [2.24, 2.45) is 0 Å². The second-order valence-electron chi connectivity index (χ2n) is 8.28.